The van der Waals surface area contributed by atoms with Crippen LogP contribution in [0.4, 0.5) is 4.39 Å². The van der Waals surface area contributed by atoms with Gasteiger partial charge in [0.15, 0.2) is 12.5 Å². The van der Waals surface area contributed by atoms with Gasteiger partial charge in [-0.3, -0.25) is 0 Å². The van der Waals surface area contributed by atoms with Gasteiger partial charge in [0, 0.05) is 0 Å². The number of aliphatic hydroxyl groups excluding tert-OH is 4. The minimum absolute atomic E-state index is 0.581. The Morgan fingerprint density at radius 1 is 1.17 bits per heavy atom. The van der Waals surface area contributed by atoms with Gasteiger partial charge in [-0.05, 0) is 0 Å². The van der Waals surface area contributed by atoms with Crippen LogP contribution in [0, 0.1) is 0 Å². The molecule has 0 aliphatic carbocycles. The van der Waals surface area contributed by atoms with Crippen LogP contribution >= 0.6 is 0 Å². The fourth-order valence-corrected chi connectivity index (χ4v) is 1.06. The molecular formula is C6H11FO5. The van der Waals surface area contributed by atoms with Crippen molar-refractivity contribution in [2.24, 2.45) is 0 Å². The lowest BCUT2D eigenvalue weighted by atomic mass is 10.0. The Kier molecular flexibility index (Phi) is 2.97. The molecule has 72 valence electrons. The van der Waals surface area contributed by atoms with Crippen LogP contribution in [0.15, 0.2) is 0 Å². The smallest absolute Gasteiger partial charge is 0.189 e. The minimum Gasteiger partial charge on any atom is -0.394 e. The van der Waals surface area contributed by atoms with Crippen LogP contribution in [0.5, 0.6) is 0 Å². The lowest BCUT2D eigenvalue weighted by molar-refractivity contribution is -0.271. The quantitative estimate of drug-likeness (QED) is 0.368. The summed E-state index contributed by atoms with van der Waals surface area (Å²) < 4.78 is 17.1. The number of hydrogen-bond acceptors (Lipinski definition) is 5. The fraction of sp³-hybridized carbons (Fsp3) is 1.00. The molecule has 0 amide bonds. The summed E-state index contributed by atoms with van der Waals surface area (Å²) in [5.41, 5.74) is 0. The van der Waals surface area contributed by atoms with Crippen LogP contribution in [-0.2, 0) is 4.74 Å². The molecule has 0 aromatic carbocycles. The molecule has 4 N–H and O–H groups in total. The Bertz CT molecular complexity index is 150. The molecule has 1 aliphatic heterocycles. The van der Waals surface area contributed by atoms with E-state index < -0.39 is 37.4 Å². The maximum absolute atomic E-state index is 12.7. The first-order valence-electron chi connectivity index (χ1n) is 3.52. The predicted octanol–water partition coefficient (Wildman–Crippen LogP) is -2.24. The standard InChI is InChI=1S/C6H11FO5/c7-3-5(10)4(9)2(1-8)12-6(3)11/h2-6,8-11H,1H2/t2-,3-,4+,5-,6-/m0/s1. The van der Waals surface area contributed by atoms with Crippen molar-refractivity contribution >= 4 is 0 Å². The highest BCUT2D eigenvalue weighted by atomic mass is 19.1. The van der Waals surface area contributed by atoms with Gasteiger partial charge in [0.2, 0.25) is 0 Å². The second-order valence-electron chi connectivity index (χ2n) is 2.67. The van der Waals surface area contributed by atoms with E-state index in [4.69, 9.17) is 20.4 Å². The maximum atomic E-state index is 12.7. The summed E-state index contributed by atoms with van der Waals surface area (Å²) in [6.07, 6.45) is -8.19. The Hall–Kier alpha value is -0.270. The Morgan fingerprint density at radius 2 is 1.75 bits per heavy atom. The molecule has 12 heavy (non-hydrogen) atoms. The van der Waals surface area contributed by atoms with E-state index in [2.05, 4.69) is 4.74 Å². The monoisotopic (exact) mass is 182 g/mol. The van der Waals surface area contributed by atoms with Gasteiger partial charge in [0.05, 0.1) is 6.61 Å². The van der Waals surface area contributed by atoms with Crippen LogP contribution in [0.2, 0.25) is 0 Å². The first-order chi connectivity index (χ1) is 5.57. The molecule has 1 fully saturated rings. The van der Waals surface area contributed by atoms with Crippen molar-refractivity contribution in [2.75, 3.05) is 6.61 Å². The molecule has 0 radical (unpaired) electrons. The molecule has 1 aliphatic rings. The highest BCUT2D eigenvalue weighted by molar-refractivity contribution is 4.88. The molecule has 5 nitrogen and oxygen atoms in total. The van der Waals surface area contributed by atoms with Crippen LogP contribution in [-0.4, -0.2) is 57.8 Å². The molecule has 0 aromatic rings. The number of hydrogen-bond donors (Lipinski definition) is 4. The molecule has 0 aromatic heterocycles. The molecule has 1 heterocycles. The first-order valence-corrected chi connectivity index (χ1v) is 3.52. The van der Waals surface area contributed by atoms with E-state index >= 15 is 0 Å². The highest BCUT2D eigenvalue weighted by Crippen LogP contribution is 2.21. The van der Waals surface area contributed by atoms with Crippen molar-refractivity contribution in [1.29, 1.82) is 0 Å². The van der Waals surface area contributed by atoms with E-state index in [9.17, 15) is 4.39 Å². The summed E-state index contributed by atoms with van der Waals surface area (Å²) in [4.78, 5) is 0. The van der Waals surface area contributed by atoms with E-state index in [1.165, 1.54) is 0 Å². The normalized spacial score (nSPS) is 49.2. The molecule has 0 saturated carbocycles. The van der Waals surface area contributed by atoms with Gasteiger partial charge in [0.1, 0.15) is 18.3 Å². The zero-order valence-corrected chi connectivity index (χ0v) is 6.17. The molecule has 0 spiro atoms. The van der Waals surface area contributed by atoms with Gasteiger partial charge < -0.3 is 25.2 Å². The predicted molar refractivity (Wildman–Crippen MR) is 34.9 cm³/mol. The summed E-state index contributed by atoms with van der Waals surface area (Å²) in [5.74, 6) is 0. The topological polar surface area (TPSA) is 90.2 Å². The van der Waals surface area contributed by atoms with Crippen molar-refractivity contribution in [1.82, 2.24) is 0 Å². The molecule has 0 bridgehead atoms. The SMILES string of the molecule is OC[C@@H]1O[C@H](O)[C@@H](F)[C@H](O)[C@@H]1O. The molecule has 1 rings (SSSR count). The van der Waals surface area contributed by atoms with Crippen LogP contribution in [0.3, 0.4) is 0 Å². The third-order valence-corrected chi connectivity index (χ3v) is 1.82. The van der Waals surface area contributed by atoms with Crippen molar-refractivity contribution < 1.29 is 29.6 Å². The van der Waals surface area contributed by atoms with E-state index in [-0.39, 0.29) is 0 Å². The summed E-state index contributed by atoms with van der Waals surface area (Å²) in [5, 5.41) is 35.3. The first kappa shape index (κ1) is 9.82. The number of rotatable bonds is 1. The second kappa shape index (κ2) is 3.63. The van der Waals surface area contributed by atoms with E-state index in [0.29, 0.717) is 0 Å². The van der Waals surface area contributed by atoms with E-state index in [1.807, 2.05) is 0 Å². The second-order valence-corrected chi connectivity index (χ2v) is 2.67. The van der Waals surface area contributed by atoms with Crippen molar-refractivity contribution in [3.8, 4) is 0 Å². The Labute approximate surface area is 68.0 Å². The van der Waals surface area contributed by atoms with Crippen LogP contribution in [0.1, 0.15) is 0 Å². The number of halogens is 1. The molecule has 6 heteroatoms. The molecule has 1 saturated heterocycles. The number of ether oxygens (including phenoxy) is 1. The third kappa shape index (κ3) is 1.57. The van der Waals surface area contributed by atoms with E-state index in [0.717, 1.165) is 0 Å². The summed E-state index contributed by atoms with van der Waals surface area (Å²) in [7, 11) is 0. The van der Waals surface area contributed by atoms with Gasteiger partial charge in [-0.1, -0.05) is 0 Å². The highest BCUT2D eigenvalue weighted by Gasteiger charge is 2.43. The molecule has 5 atom stereocenters. The fourth-order valence-electron chi connectivity index (χ4n) is 1.06. The van der Waals surface area contributed by atoms with Crippen LogP contribution in [0.25, 0.3) is 0 Å². The van der Waals surface area contributed by atoms with Crippen molar-refractivity contribution in [3.05, 3.63) is 0 Å². The van der Waals surface area contributed by atoms with Crippen molar-refractivity contribution in [2.45, 2.75) is 30.8 Å². The lowest BCUT2D eigenvalue weighted by Crippen LogP contribution is -2.56. The molecular weight excluding hydrogens is 171 g/mol. The number of alkyl halides is 1. The van der Waals surface area contributed by atoms with Gasteiger partial charge in [0.25, 0.3) is 0 Å². The zero-order chi connectivity index (χ0) is 9.30. The average molecular weight is 182 g/mol. The van der Waals surface area contributed by atoms with Gasteiger partial charge in [-0.15, -0.1) is 0 Å². The maximum Gasteiger partial charge on any atom is 0.189 e. The summed E-state index contributed by atoms with van der Waals surface area (Å²) >= 11 is 0. The summed E-state index contributed by atoms with van der Waals surface area (Å²) in [6.45, 7) is -0.581. The third-order valence-electron chi connectivity index (χ3n) is 1.82. The Morgan fingerprint density at radius 3 is 2.25 bits per heavy atom. The molecule has 0 unspecified atom stereocenters. The van der Waals surface area contributed by atoms with Gasteiger partial charge in [-0.2, -0.15) is 0 Å². The number of aliphatic hydroxyl groups is 4. The minimum atomic E-state index is -2.04. The van der Waals surface area contributed by atoms with E-state index in [1.54, 1.807) is 0 Å². The van der Waals surface area contributed by atoms with Crippen LogP contribution < -0.4 is 0 Å². The van der Waals surface area contributed by atoms with Gasteiger partial charge in [-0.25, -0.2) is 4.39 Å². The summed E-state index contributed by atoms with van der Waals surface area (Å²) in [6, 6.07) is 0. The largest absolute Gasteiger partial charge is 0.394 e. The lowest BCUT2D eigenvalue weighted by Gasteiger charge is -2.36. The Balaban J connectivity index is 2.63. The van der Waals surface area contributed by atoms with Gasteiger partial charge >= 0.3 is 0 Å². The average Bonchev–Trinajstić information content (AvgIpc) is 2.08. The van der Waals surface area contributed by atoms with Crippen molar-refractivity contribution in [3.63, 3.8) is 0 Å². The zero-order valence-electron chi connectivity index (χ0n) is 6.17.